The third-order valence-corrected chi connectivity index (χ3v) is 6.70. The third-order valence-electron chi connectivity index (χ3n) is 6.30. The molecule has 0 fully saturated rings. The molecule has 7 nitrogen and oxygen atoms in total. The van der Waals surface area contributed by atoms with Crippen LogP contribution in [0.1, 0.15) is 26.3 Å². The largest absolute Gasteiger partial charge is 0.480 e. The van der Waals surface area contributed by atoms with Crippen LogP contribution in [-0.4, -0.2) is 34.1 Å². The lowest BCUT2D eigenvalue weighted by Gasteiger charge is -2.19. The van der Waals surface area contributed by atoms with E-state index in [0.29, 0.717) is 23.7 Å². The summed E-state index contributed by atoms with van der Waals surface area (Å²) in [5.74, 6) is -0.102. The SMILES string of the molecule is COc1nc(-c2cccc(-c3cccc(-c4ccn5c(=O)c(C=O)cnc5c4)c3Cl)c2C(F)(F)F)ccc1C=O. The van der Waals surface area contributed by atoms with Crippen molar-refractivity contribution in [2.75, 3.05) is 7.11 Å². The number of ether oxygens (including phenoxy) is 1. The molecule has 40 heavy (non-hydrogen) atoms. The van der Waals surface area contributed by atoms with Crippen molar-refractivity contribution in [3.8, 4) is 39.4 Å². The predicted octanol–water partition coefficient (Wildman–Crippen LogP) is 6.40. The first-order valence-electron chi connectivity index (χ1n) is 11.6. The van der Waals surface area contributed by atoms with Gasteiger partial charge in [-0.15, -0.1) is 0 Å². The second-order valence-electron chi connectivity index (χ2n) is 8.59. The Kier molecular flexibility index (Phi) is 6.95. The molecule has 0 saturated heterocycles. The van der Waals surface area contributed by atoms with Gasteiger partial charge in [0.2, 0.25) is 5.88 Å². The topological polar surface area (TPSA) is 90.6 Å². The fourth-order valence-corrected chi connectivity index (χ4v) is 4.79. The summed E-state index contributed by atoms with van der Waals surface area (Å²) in [7, 11) is 1.27. The summed E-state index contributed by atoms with van der Waals surface area (Å²) in [6.45, 7) is 0. The zero-order valence-corrected chi connectivity index (χ0v) is 21.3. The highest BCUT2D eigenvalue weighted by atomic mass is 35.5. The maximum atomic E-state index is 14.6. The van der Waals surface area contributed by atoms with Crippen molar-refractivity contribution in [1.82, 2.24) is 14.4 Å². The maximum absolute atomic E-state index is 14.6. The standard InChI is InChI=1S/C29H17ClF3N3O4/c1-40-27-17(14-37)8-9-23(35-27)22-7-3-5-20(25(22)29(31,32)33)21-6-2-4-19(26(21)30)16-10-11-36-24(12-16)34-13-18(15-38)28(36)39/h2-15H,1H3. The highest BCUT2D eigenvalue weighted by Gasteiger charge is 2.37. The van der Waals surface area contributed by atoms with Crippen LogP contribution < -0.4 is 10.3 Å². The zero-order valence-electron chi connectivity index (χ0n) is 20.6. The number of hydrogen-bond donors (Lipinski definition) is 0. The summed E-state index contributed by atoms with van der Waals surface area (Å²) >= 11 is 6.74. The van der Waals surface area contributed by atoms with E-state index in [2.05, 4.69) is 9.97 Å². The molecular formula is C29H17ClF3N3O4. The van der Waals surface area contributed by atoms with Gasteiger partial charge in [0, 0.05) is 29.1 Å². The van der Waals surface area contributed by atoms with Crippen LogP contribution in [-0.2, 0) is 6.18 Å². The number of rotatable bonds is 6. The van der Waals surface area contributed by atoms with Crippen molar-refractivity contribution in [3.63, 3.8) is 0 Å². The molecule has 0 bridgehead atoms. The van der Waals surface area contributed by atoms with Crippen LogP contribution in [0.25, 0.3) is 39.2 Å². The second-order valence-corrected chi connectivity index (χ2v) is 8.96. The summed E-state index contributed by atoms with van der Waals surface area (Å²) in [6.07, 6.45) is -1.32. The number of pyridine rings is 2. The number of carbonyl (C=O) groups is 2. The van der Waals surface area contributed by atoms with Crippen molar-refractivity contribution in [3.05, 3.63) is 105 Å². The van der Waals surface area contributed by atoms with E-state index in [9.17, 15) is 27.6 Å². The average molecular weight is 564 g/mol. The fraction of sp³-hybridized carbons (Fsp3) is 0.0690. The van der Waals surface area contributed by atoms with Gasteiger partial charge in [0.1, 0.15) is 5.65 Å². The quantitative estimate of drug-likeness (QED) is 0.222. The van der Waals surface area contributed by atoms with Gasteiger partial charge in [0.05, 0.1) is 34.5 Å². The van der Waals surface area contributed by atoms with Gasteiger partial charge < -0.3 is 4.74 Å². The van der Waals surface area contributed by atoms with Crippen molar-refractivity contribution >= 4 is 29.8 Å². The van der Waals surface area contributed by atoms with Crippen LogP contribution in [0, 0.1) is 0 Å². The molecule has 0 amide bonds. The van der Waals surface area contributed by atoms with E-state index in [-0.39, 0.29) is 50.1 Å². The summed E-state index contributed by atoms with van der Waals surface area (Å²) < 4.78 is 50.1. The van der Waals surface area contributed by atoms with Gasteiger partial charge >= 0.3 is 6.18 Å². The Morgan fingerprint density at radius 2 is 1.57 bits per heavy atom. The normalized spacial score (nSPS) is 11.4. The highest BCUT2D eigenvalue weighted by molar-refractivity contribution is 6.36. The molecule has 0 atom stereocenters. The molecule has 0 spiro atoms. The summed E-state index contributed by atoms with van der Waals surface area (Å²) in [6, 6.07) is 14.5. The monoisotopic (exact) mass is 563 g/mol. The van der Waals surface area contributed by atoms with Gasteiger partial charge in [-0.3, -0.25) is 18.8 Å². The number of halogens is 4. The molecule has 0 N–H and O–H groups in total. The Balaban J connectivity index is 1.70. The molecule has 200 valence electrons. The molecule has 0 unspecified atom stereocenters. The number of aromatic nitrogens is 3. The van der Waals surface area contributed by atoms with Crippen LogP contribution in [0.4, 0.5) is 13.2 Å². The molecule has 0 aliphatic rings. The number of carbonyl (C=O) groups excluding carboxylic acids is 2. The number of fused-ring (bicyclic) bond motifs is 1. The first-order valence-corrected chi connectivity index (χ1v) is 12.0. The molecule has 5 rings (SSSR count). The van der Waals surface area contributed by atoms with Crippen LogP contribution in [0.3, 0.4) is 0 Å². The Morgan fingerprint density at radius 3 is 2.25 bits per heavy atom. The lowest BCUT2D eigenvalue weighted by Crippen LogP contribution is -2.18. The number of alkyl halides is 3. The minimum atomic E-state index is -4.80. The predicted molar refractivity (Wildman–Crippen MR) is 143 cm³/mol. The maximum Gasteiger partial charge on any atom is 0.417 e. The van der Waals surface area contributed by atoms with Gasteiger partial charge in [-0.25, -0.2) is 9.97 Å². The Labute approximate surface area is 229 Å². The zero-order chi connectivity index (χ0) is 28.6. The molecule has 0 aliphatic carbocycles. The van der Waals surface area contributed by atoms with Gasteiger partial charge in [-0.05, 0) is 35.4 Å². The van der Waals surface area contributed by atoms with Crippen LogP contribution in [0.2, 0.25) is 5.02 Å². The van der Waals surface area contributed by atoms with Crippen molar-refractivity contribution in [2.45, 2.75) is 6.18 Å². The van der Waals surface area contributed by atoms with Crippen molar-refractivity contribution in [2.24, 2.45) is 0 Å². The van der Waals surface area contributed by atoms with E-state index in [1.807, 2.05) is 0 Å². The van der Waals surface area contributed by atoms with E-state index in [0.717, 1.165) is 6.20 Å². The Bertz CT molecular complexity index is 1870. The third kappa shape index (κ3) is 4.62. The number of nitrogens with zero attached hydrogens (tertiary/aromatic N) is 3. The summed E-state index contributed by atoms with van der Waals surface area (Å²) in [5.41, 5.74) is -0.714. The molecule has 0 radical (unpaired) electrons. The van der Waals surface area contributed by atoms with Crippen LogP contribution >= 0.6 is 11.6 Å². The Morgan fingerprint density at radius 1 is 0.900 bits per heavy atom. The Hall–Kier alpha value is -4.83. The minimum Gasteiger partial charge on any atom is -0.480 e. The van der Waals surface area contributed by atoms with E-state index in [4.69, 9.17) is 16.3 Å². The number of methoxy groups -OCH3 is 1. The molecule has 3 heterocycles. The van der Waals surface area contributed by atoms with Gasteiger partial charge in [-0.2, -0.15) is 13.2 Å². The van der Waals surface area contributed by atoms with Gasteiger partial charge in [-0.1, -0.05) is 48.0 Å². The number of hydrogen-bond acceptors (Lipinski definition) is 6. The first kappa shape index (κ1) is 26.8. The minimum absolute atomic E-state index is 0.0374. The number of benzene rings is 2. The summed E-state index contributed by atoms with van der Waals surface area (Å²) in [5, 5.41) is 0.0446. The van der Waals surface area contributed by atoms with Crippen molar-refractivity contribution < 1.29 is 27.5 Å². The summed E-state index contributed by atoms with van der Waals surface area (Å²) in [4.78, 5) is 43.0. The van der Waals surface area contributed by atoms with Gasteiger partial charge in [0.25, 0.3) is 5.56 Å². The van der Waals surface area contributed by atoms with E-state index >= 15 is 0 Å². The number of aldehydes is 2. The van der Waals surface area contributed by atoms with Crippen LogP contribution in [0.5, 0.6) is 5.88 Å². The smallest absolute Gasteiger partial charge is 0.417 e. The highest BCUT2D eigenvalue weighted by Crippen LogP contribution is 2.46. The fourth-order valence-electron chi connectivity index (χ4n) is 4.45. The molecule has 11 heteroatoms. The van der Waals surface area contributed by atoms with Crippen LogP contribution in [0.15, 0.2) is 77.9 Å². The molecule has 2 aromatic carbocycles. The first-order chi connectivity index (χ1) is 19.2. The lowest BCUT2D eigenvalue weighted by atomic mass is 9.91. The van der Waals surface area contributed by atoms with E-state index in [1.54, 1.807) is 24.3 Å². The van der Waals surface area contributed by atoms with E-state index in [1.165, 1.54) is 54.1 Å². The molecule has 3 aromatic heterocycles. The molecule has 0 aliphatic heterocycles. The van der Waals surface area contributed by atoms with E-state index < -0.39 is 17.3 Å². The van der Waals surface area contributed by atoms with Crippen molar-refractivity contribution in [1.29, 1.82) is 0 Å². The average Bonchev–Trinajstić information content (AvgIpc) is 2.96. The molecular weight excluding hydrogens is 547 g/mol. The second kappa shape index (κ2) is 10.4. The van der Waals surface area contributed by atoms with Gasteiger partial charge in [0.15, 0.2) is 12.6 Å². The molecule has 5 aromatic rings. The molecule has 0 saturated carbocycles. The lowest BCUT2D eigenvalue weighted by molar-refractivity contribution is -0.136.